The first-order valence-electron chi connectivity index (χ1n) is 13.0. The van der Waals surface area contributed by atoms with E-state index in [1.165, 1.54) is 0 Å². The average molecular weight is 518 g/mol. The molecule has 1 saturated heterocycles. The number of rotatable bonds is 5. The maximum Gasteiger partial charge on any atom is 0.514 e. The second kappa shape index (κ2) is 10.8. The van der Waals surface area contributed by atoms with Gasteiger partial charge < -0.3 is 19.3 Å². The lowest BCUT2D eigenvalue weighted by atomic mass is 10.0. The van der Waals surface area contributed by atoms with Gasteiger partial charge in [-0.05, 0) is 29.8 Å². The minimum atomic E-state index is -0.747. The van der Waals surface area contributed by atoms with E-state index in [2.05, 4.69) is 4.90 Å². The van der Waals surface area contributed by atoms with Crippen LogP contribution in [-0.2, 0) is 11.3 Å². The third-order valence-corrected chi connectivity index (χ3v) is 6.95. The average Bonchev–Trinajstić information content (AvgIpc) is 2.99. The smallest absolute Gasteiger partial charge is 0.429 e. The molecule has 0 bridgehead atoms. The number of ether oxygens (including phenoxy) is 2. The van der Waals surface area contributed by atoms with Gasteiger partial charge in [-0.1, -0.05) is 72.8 Å². The molecule has 7 heteroatoms. The van der Waals surface area contributed by atoms with E-state index >= 15 is 0 Å². The Labute approximate surface area is 226 Å². The van der Waals surface area contributed by atoms with E-state index in [0.717, 1.165) is 33.1 Å². The van der Waals surface area contributed by atoms with Gasteiger partial charge in [-0.25, -0.2) is 9.78 Å². The Morgan fingerprint density at radius 3 is 2.05 bits per heavy atom. The molecule has 7 nitrogen and oxygen atoms in total. The quantitative estimate of drug-likeness (QED) is 0.160. The standard InChI is InChI=1S/C32H27N3O4/c36-31(30-26-13-4-6-15-28(26)33-29-16-7-5-14-27(29)30)35-19-17-34(18-20-35)24-11-8-12-25(21-24)39-32(37)38-22-23-9-2-1-3-10-23/h1-16,21H,17-20,22H2. The normalized spacial score (nSPS) is 13.4. The predicted molar refractivity (Wildman–Crippen MR) is 151 cm³/mol. The van der Waals surface area contributed by atoms with Crippen molar-refractivity contribution >= 4 is 39.6 Å². The maximum atomic E-state index is 13.8. The highest BCUT2D eigenvalue weighted by atomic mass is 16.7. The molecule has 1 aliphatic rings. The number of pyridine rings is 1. The number of para-hydroxylation sites is 2. The molecule has 5 aromatic rings. The second-order valence-electron chi connectivity index (χ2n) is 9.42. The molecule has 1 aromatic heterocycles. The van der Waals surface area contributed by atoms with Crippen molar-refractivity contribution < 1.29 is 19.1 Å². The number of piperazine rings is 1. The molecule has 39 heavy (non-hydrogen) atoms. The molecule has 0 N–H and O–H groups in total. The number of aromatic nitrogens is 1. The van der Waals surface area contributed by atoms with E-state index in [0.29, 0.717) is 37.5 Å². The van der Waals surface area contributed by atoms with Crippen molar-refractivity contribution in [3.05, 3.63) is 114 Å². The largest absolute Gasteiger partial charge is 0.514 e. The number of hydrogen-bond acceptors (Lipinski definition) is 6. The topological polar surface area (TPSA) is 72.0 Å². The van der Waals surface area contributed by atoms with Crippen molar-refractivity contribution in [2.24, 2.45) is 0 Å². The number of amides is 1. The highest BCUT2D eigenvalue weighted by Crippen LogP contribution is 2.28. The van der Waals surface area contributed by atoms with Crippen LogP contribution in [0.1, 0.15) is 15.9 Å². The number of carbonyl (C=O) groups is 2. The van der Waals surface area contributed by atoms with Crippen molar-refractivity contribution in [2.75, 3.05) is 31.1 Å². The number of benzene rings is 4. The Bertz CT molecular complexity index is 1590. The van der Waals surface area contributed by atoms with Crippen LogP contribution in [0.5, 0.6) is 5.75 Å². The van der Waals surface area contributed by atoms with Gasteiger partial charge in [-0.2, -0.15) is 0 Å². The van der Waals surface area contributed by atoms with Crippen molar-refractivity contribution in [3.8, 4) is 5.75 Å². The van der Waals surface area contributed by atoms with Gasteiger partial charge in [0.1, 0.15) is 12.4 Å². The van der Waals surface area contributed by atoms with E-state index in [4.69, 9.17) is 14.5 Å². The number of carbonyl (C=O) groups excluding carboxylic acids is 2. The molecule has 0 aliphatic carbocycles. The molecule has 0 spiro atoms. The summed E-state index contributed by atoms with van der Waals surface area (Å²) in [7, 11) is 0. The van der Waals surface area contributed by atoms with E-state index in [9.17, 15) is 9.59 Å². The SMILES string of the molecule is O=C(OCc1ccccc1)Oc1cccc(N2CCN(C(=O)c3c4ccccc4nc4ccccc34)CC2)c1. The fourth-order valence-corrected chi connectivity index (χ4v) is 4.98. The van der Waals surface area contributed by atoms with Crippen LogP contribution >= 0.6 is 0 Å². The number of hydrogen-bond donors (Lipinski definition) is 0. The first-order valence-corrected chi connectivity index (χ1v) is 13.0. The molecule has 1 aliphatic heterocycles. The molecule has 0 unspecified atom stereocenters. The Kier molecular flexibility index (Phi) is 6.78. The molecule has 0 saturated carbocycles. The van der Waals surface area contributed by atoms with Gasteiger partial charge in [0.15, 0.2) is 0 Å². The lowest BCUT2D eigenvalue weighted by molar-refractivity contribution is 0.0750. The van der Waals surface area contributed by atoms with Gasteiger partial charge in [0.25, 0.3) is 5.91 Å². The molecule has 4 aromatic carbocycles. The highest BCUT2D eigenvalue weighted by Gasteiger charge is 2.26. The second-order valence-corrected chi connectivity index (χ2v) is 9.42. The fraction of sp³-hybridized carbons (Fsp3) is 0.156. The van der Waals surface area contributed by atoms with Crippen LogP contribution in [0.15, 0.2) is 103 Å². The number of nitrogens with zero attached hydrogens (tertiary/aromatic N) is 3. The molecular weight excluding hydrogens is 490 g/mol. The molecule has 1 fully saturated rings. The van der Waals surface area contributed by atoms with Gasteiger partial charge in [-0.3, -0.25) is 4.79 Å². The van der Waals surface area contributed by atoms with Crippen LogP contribution in [0.3, 0.4) is 0 Å². The lowest BCUT2D eigenvalue weighted by Gasteiger charge is -2.36. The first-order chi connectivity index (χ1) is 19.2. The summed E-state index contributed by atoms with van der Waals surface area (Å²) >= 11 is 0. The van der Waals surface area contributed by atoms with Crippen LogP contribution in [0.2, 0.25) is 0 Å². The molecule has 194 valence electrons. The number of fused-ring (bicyclic) bond motifs is 2. The summed E-state index contributed by atoms with van der Waals surface area (Å²) in [4.78, 5) is 34.9. The minimum absolute atomic E-state index is 0.0164. The van der Waals surface area contributed by atoms with Gasteiger partial charge in [0.05, 0.1) is 16.6 Å². The molecule has 1 amide bonds. The predicted octanol–water partition coefficient (Wildman–Crippen LogP) is 6.07. The fourth-order valence-electron chi connectivity index (χ4n) is 4.98. The molecule has 0 radical (unpaired) electrons. The van der Waals surface area contributed by atoms with E-state index in [-0.39, 0.29) is 12.5 Å². The van der Waals surface area contributed by atoms with E-state index < -0.39 is 6.16 Å². The summed E-state index contributed by atoms with van der Waals surface area (Å²) in [5, 5.41) is 1.74. The lowest BCUT2D eigenvalue weighted by Crippen LogP contribution is -2.48. The first kappa shape index (κ1) is 24.4. The zero-order valence-corrected chi connectivity index (χ0v) is 21.3. The zero-order chi connectivity index (χ0) is 26.6. The summed E-state index contributed by atoms with van der Waals surface area (Å²) in [6.07, 6.45) is -0.747. The summed E-state index contributed by atoms with van der Waals surface area (Å²) in [5.41, 5.74) is 4.15. The van der Waals surface area contributed by atoms with Gasteiger partial charge >= 0.3 is 6.16 Å². The van der Waals surface area contributed by atoms with Crippen LogP contribution in [0, 0.1) is 0 Å². The van der Waals surface area contributed by atoms with Gasteiger partial charge in [0.2, 0.25) is 0 Å². The van der Waals surface area contributed by atoms with Crippen LogP contribution in [0.25, 0.3) is 21.8 Å². The van der Waals surface area contributed by atoms with Crippen LogP contribution < -0.4 is 9.64 Å². The van der Waals surface area contributed by atoms with Gasteiger partial charge in [-0.15, -0.1) is 0 Å². The minimum Gasteiger partial charge on any atom is -0.429 e. The summed E-state index contributed by atoms with van der Waals surface area (Å²) < 4.78 is 10.6. The molecular formula is C32H27N3O4. The van der Waals surface area contributed by atoms with E-state index in [1.807, 2.05) is 102 Å². The Balaban J connectivity index is 1.13. The monoisotopic (exact) mass is 517 g/mol. The third kappa shape index (κ3) is 5.25. The van der Waals surface area contributed by atoms with Gasteiger partial charge in [0, 0.05) is 48.7 Å². The summed E-state index contributed by atoms with van der Waals surface area (Å²) in [6, 6.07) is 32.4. The van der Waals surface area contributed by atoms with Crippen molar-refractivity contribution in [1.29, 1.82) is 0 Å². The zero-order valence-electron chi connectivity index (χ0n) is 21.3. The highest BCUT2D eigenvalue weighted by molar-refractivity contribution is 6.16. The molecule has 2 heterocycles. The van der Waals surface area contributed by atoms with Crippen molar-refractivity contribution in [3.63, 3.8) is 0 Å². The third-order valence-electron chi connectivity index (χ3n) is 6.95. The maximum absolute atomic E-state index is 13.8. The summed E-state index contributed by atoms with van der Waals surface area (Å²) in [6.45, 7) is 2.63. The summed E-state index contributed by atoms with van der Waals surface area (Å²) in [5.74, 6) is 0.432. The van der Waals surface area contributed by atoms with Crippen molar-refractivity contribution in [2.45, 2.75) is 6.61 Å². The van der Waals surface area contributed by atoms with Crippen molar-refractivity contribution in [1.82, 2.24) is 9.88 Å². The number of anilines is 1. The van der Waals surface area contributed by atoms with E-state index in [1.54, 1.807) is 6.07 Å². The van der Waals surface area contributed by atoms with Crippen LogP contribution in [0.4, 0.5) is 10.5 Å². The van der Waals surface area contributed by atoms with Crippen LogP contribution in [-0.4, -0.2) is 48.1 Å². The molecule has 6 rings (SSSR count). The Morgan fingerprint density at radius 2 is 1.36 bits per heavy atom. The molecule has 0 atom stereocenters. The Hall–Kier alpha value is -4.91. The Morgan fingerprint density at radius 1 is 0.718 bits per heavy atom.